The van der Waals surface area contributed by atoms with Gasteiger partial charge in [-0.05, 0) is 56.6 Å². The summed E-state index contributed by atoms with van der Waals surface area (Å²) < 4.78 is 49.2. The van der Waals surface area contributed by atoms with Gasteiger partial charge in [0, 0.05) is 54.5 Å². The minimum absolute atomic E-state index is 0.00164. The van der Waals surface area contributed by atoms with Crippen LogP contribution in [0.25, 0.3) is 0 Å². The molecule has 5 aliphatic rings. The van der Waals surface area contributed by atoms with Crippen molar-refractivity contribution in [2.24, 2.45) is 5.41 Å². The molecule has 1 aromatic carbocycles. The van der Waals surface area contributed by atoms with E-state index in [-0.39, 0.29) is 61.0 Å². The van der Waals surface area contributed by atoms with Crippen molar-refractivity contribution in [1.82, 2.24) is 15.5 Å². The van der Waals surface area contributed by atoms with Crippen molar-refractivity contribution in [2.45, 2.75) is 101 Å². The van der Waals surface area contributed by atoms with Crippen molar-refractivity contribution < 1.29 is 32.3 Å². The number of ether oxygens (including phenoxy) is 1. The number of benzene rings is 1. The first-order chi connectivity index (χ1) is 17.7. The number of hydrogen-bond acceptors (Lipinski definition) is 5. The summed E-state index contributed by atoms with van der Waals surface area (Å²) in [7, 11) is 0. The molecule has 3 atom stereocenters. The predicted octanol–water partition coefficient (Wildman–Crippen LogP) is 3.23. The summed E-state index contributed by atoms with van der Waals surface area (Å²) in [6.45, 7) is 0.568. The Hall–Kier alpha value is -2.46. The Morgan fingerprint density at radius 1 is 1.11 bits per heavy atom. The van der Waals surface area contributed by atoms with Gasteiger partial charge in [0.2, 0.25) is 11.8 Å². The van der Waals surface area contributed by atoms with E-state index in [1.807, 2.05) is 0 Å². The molecule has 1 spiro atoms. The molecule has 2 aliphatic carbocycles. The van der Waals surface area contributed by atoms with Crippen LogP contribution in [0.1, 0.15) is 79.3 Å². The monoisotopic (exact) mass is 519 g/mol. The van der Waals surface area contributed by atoms with E-state index in [4.69, 9.17) is 4.74 Å². The van der Waals surface area contributed by atoms with Crippen molar-refractivity contribution in [3.63, 3.8) is 0 Å². The maximum absolute atomic E-state index is 15.7. The zero-order valence-electron chi connectivity index (χ0n) is 20.7. The van der Waals surface area contributed by atoms with Gasteiger partial charge in [0.05, 0.1) is 12.6 Å². The molecule has 7 nitrogen and oxygen atoms in total. The topological polar surface area (TPSA) is 87.7 Å². The SMILES string of the molecule is O=C1CCC(N2Cc3c(ccc(C[C@H]4OCCC[C@@H]4NC4CCC5(CC4)CC5(F)F)c3F)C2=O)C(=O)N1. The molecule has 1 unspecified atom stereocenters. The van der Waals surface area contributed by atoms with E-state index in [0.717, 1.165) is 12.8 Å². The van der Waals surface area contributed by atoms with Gasteiger partial charge in [0.25, 0.3) is 11.8 Å². The molecule has 0 radical (unpaired) electrons. The van der Waals surface area contributed by atoms with Gasteiger partial charge in [-0.15, -0.1) is 0 Å². The maximum Gasteiger partial charge on any atom is 0.255 e. The molecule has 0 bridgehead atoms. The summed E-state index contributed by atoms with van der Waals surface area (Å²) in [5, 5.41) is 5.89. The Morgan fingerprint density at radius 2 is 1.86 bits per heavy atom. The Bertz CT molecular complexity index is 1130. The number of nitrogens with zero attached hydrogens (tertiary/aromatic N) is 1. The minimum atomic E-state index is -2.51. The molecule has 200 valence electrons. The van der Waals surface area contributed by atoms with Crippen molar-refractivity contribution >= 4 is 17.7 Å². The summed E-state index contributed by atoms with van der Waals surface area (Å²) in [5.74, 6) is -4.26. The molecule has 3 amide bonds. The second-order valence-electron chi connectivity index (χ2n) is 11.4. The van der Waals surface area contributed by atoms with Crippen molar-refractivity contribution in [3.8, 4) is 0 Å². The van der Waals surface area contributed by atoms with Gasteiger partial charge in [-0.25, -0.2) is 13.2 Å². The number of carbonyl (C=O) groups is 3. The third-order valence-corrected chi connectivity index (χ3v) is 9.19. The Morgan fingerprint density at radius 3 is 2.57 bits per heavy atom. The number of carbonyl (C=O) groups excluding carboxylic acids is 3. The van der Waals surface area contributed by atoms with Crippen LogP contribution in [-0.4, -0.2) is 59.4 Å². The molecule has 37 heavy (non-hydrogen) atoms. The van der Waals surface area contributed by atoms with Gasteiger partial charge in [-0.1, -0.05) is 6.07 Å². The first-order valence-corrected chi connectivity index (χ1v) is 13.4. The lowest BCUT2D eigenvalue weighted by Crippen LogP contribution is -2.52. The second kappa shape index (κ2) is 9.08. The van der Waals surface area contributed by atoms with Crippen LogP contribution in [-0.2, 0) is 27.3 Å². The highest BCUT2D eigenvalue weighted by molar-refractivity contribution is 6.05. The van der Waals surface area contributed by atoms with Gasteiger partial charge in [-0.2, -0.15) is 0 Å². The van der Waals surface area contributed by atoms with Gasteiger partial charge in [-0.3, -0.25) is 19.7 Å². The van der Waals surface area contributed by atoms with Crippen LogP contribution < -0.4 is 10.6 Å². The highest BCUT2D eigenvalue weighted by Gasteiger charge is 2.70. The number of nitrogens with one attached hydrogen (secondary N) is 2. The average molecular weight is 520 g/mol. The number of alkyl halides is 2. The third kappa shape index (κ3) is 4.35. The van der Waals surface area contributed by atoms with Crippen LogP contribution in [0.5, 0.6) is 0 Å². The molecular weight excluding hydrogens is 487 g/mol. The smallest absolute Gasteiger partial charge is 0.255 e. The van der Waals surface area contributed by atoms with Crippen LogP contribution >= 0.6 is 0 Å². The summed E-state index contributed by atoms with van der Waals surface area (Å²) in [6, 6.07) is 2.60. The number of piperidine rings is 1. The molecule has 4 fully saturated rings. The van der Waals surface area contributed by atoms with Crippen LogP contribution in [0.4, 0.5) is 13.2 Å². The molecular formula is C27H32F3N3O4. The van der Waals surface area contributed by atoms with Crippen molar-refractivity contribution in [3.05, 3.63) is 34.6 Å². The van der Waals surface area contributed by atoms with Gasteiger partial charge >= 0.3 is 0 Å². The molecule has 6 rings (SSSR count). The van der Waals surface area contributed by atoms with E-state index < -0.39 is 35.0 Å². The minimum Gasteiger partial charge on any atom is -0.376 e. The maximum atomic E-state index is 15.7. The fraction of sp³-hybridized carbons (Fsp3) is 0.667. The highest BCUT2D eigenvalue weighted by atomic mass is 19.3. The van der Waals surface area contributed by atoms with Crippen LogP contribution in [0, 0.1) is 11.2 Å². The van der Waals surface area contributed by atoms with Crippen molar-refractivity contribution in [2.75, 3.05) is 6.61 Å². The molecule has 3 heterocycles. The molecule has 10 heteroatoms. The highest BCUT2D eigenvalue weighted by Crippen LogP contribution is 2.67. The normalized spacial score (nSPS) is 35.0. The molecule has 2 N–H and O–H groups in total. The standard InChI is InChI=1S/C27H32F3N3O4/c28-23-15(3-4-17-18(23)13-33(25(17)36)20-5-6-22(34)32-24(20)35)12-21-19(2-1-11-37-21)31-16-7-9-26(10-8-16)14-27(26,29)30/h3-4,16,19-21,31H,1-2,5-14H2,(H,32,34,35)/t16?,19-,20?,21+,26?/m0/s1. The predicted molar refractivity (Wildman–Crippen MR) is 126 cm³/mol. The van der Waals surface area contributed by atoms with Crippen molar-refractivity contribution in [1.29, 1.82) is 0 Å². The summed E-state index contributed by atoms with van der Waals surface area (Å²) in [4.78, 5) is 38.1. The number of amides is 3. The number of fused-ring (bicyclic) bond motifs is 1. The third-order valence-electron chi connectivity index (χ3n) is 9.19. The van der Waals surface area contributed by atoms with Crippen LogP contribution in [0.15, 0.2) is 12.1 Å². The Labute approximate surface area is 213 Å². The summed E-state index contributed by atoms with van der Waals surface area (Å²) >= 11 is 0. The lowest BCUT2D eigenvalue weighted by atomic mass is 9.82. The van der Waals surface area contributed by atoms with E-state index in [1.54, 1.807) is 12.1 Å². The fourth-order valence-electron chi connectivity index (χ4n) is 6.82. The van der Waals surface area contributed by atoms with E-state index >= 15 is 4.39 Å². The second-order valence-corrected chi connectivity index (χ2v) is 11.4. The molecule has 2 saturated carbocycles. The van der Waals surface area contributed by atoms with E-state index in [1.165, 1.54) is 4.90 Å². The number of halogens is 3. The first kappa shape index (κ1) is 24.9. The average Bonchev–Trinajstić information content (AvgIpc) is 3.22. The molecule has 3 aliphatic heterocycles. The lowest BCUT2D eigenvalue weighted by Gasteiger charge is -2.38. The summed E-state index contributed by atoms with van der Waals surface area (Å²) in [5.41, 5.74) is 0.199. The quantitative estimate of drug-likeness (QED) is 0.584. The van der Waals surface area contributed by atoms with E-state index in [9.17, 15) is 23.2 Å². The van der Waals surface area contributed by atoms with Gasteiger partial charge in [0.1, 0.15) is 11.9 Å². The number of hydrogen-bond donors (Lipinski definition) is 2. The van der Waals surface area contributed by atoms with Gasteiger partial charge in [0.15, 0.2) is 0 Å². The Kier molecular flexibility index (Phi) is 6.10. The fourth-order valence-corrected chi connectivity index (χ4v) is 6.82. The lowest BCUT2D eigenvalue weighted by molar-refractivity contribution is -0.136. The summed E-state index contributed by atoms with van der Waals surface area (Å²) in [6.07, 6.45) is 4.70. The zero-order chi connectivity index (χ0) is 25.9. The number of imide groups is 1. The van der Waals surface area contributed by atoms with Crippen LogP contribution in [0.3, 0.4) is 0 Å². The molecule has 0 aromatic heterocycles. The van der Waals surface area contributed by atoms with Crippen LogP contribution in [0.2, 0.25) is 0 Å². The Balaban J connectivity index is 1.12. The van der Waals surface area contributed by atoms with E-state index in [2.05, 4.69) is 10.6 Å². The molecule has 1 aromatic rings. The van der Waals surface area contributed by atoms with Gasteiger partial charge < -0.3 is 15.0 Å². The number of rotatable bonds is 5. The van der Waals surface area contributed by atoms with E-state index in [0.29, 0.717) is 44.3 Å². The zero-order valence-corrected chi connectivity index (χ0v) is 20.7. The molecule has 2 saturated heterocycles. The first-order valence-electron chi connectivity index (χ1n) is 13.4. The largest absolute Gasteiger partial charge is 0.376 e.